The molecule has 2 aromatic carbocycles. The van der Waals surface area contributed by atoms with Crippen molar-refractivity contribution < 1.29 is 22.8 Å². The van der Waals surface area contributed by atoms with Gasteiger partial charge in [0, 0.05) is 28.6 Å². The standard InChI is InChI=1S/C25H21F3N4O3/c1-11-6-16(13(3)31-19-5-4-18(27)21(28)20(19)25(29)32-34)24-17(7-11)22(33)12(2)23(35-24)14-8-15(26)10-30-9-14/h4-10,13,31,34H,1-3H3,(H2,29,32)/t13-/m1/s1. The Morgan fingerprint density at radius 3 is 2.60 bits per heavy atom. The van der Waals surface area contributed by atoms with Gasteiger partial charge < -0.3 is 20.7 Å². The smallest absolute Gasteiger partial charge is 0.196 e. The third-order valence-corrected chi connectivity index (χ3v) is 5.66. The van der Waals surface area contributed by atoms with E-state index in [0.29, 0.717) is 16.5 Å². The fraction of sp³-hybridized carbons (Fsp3) is 0.160. The molecule has 0 aliphatic heterocycles. The number of hydrogen-bond acceptors (Lipinski definition) is 6. The highest BCUT2D eigenvalue weighted by molar-refractivity contribution is 6.02. The Hall–Kier alpha value is -4.34. The van der Waals surface area contributed by atoms with Crippen molar-refractivity contribution in [3.63, 3.8) is 0 Å². The summed E-state index contributed by atoms with van der Waals surface area (Å²) in [5.74, 6) is -3.49. The molecule has 0 saturated heterocycles. The molecule has 0 spiro atoms. The molecule has 4 N–H and O–H groups in total. The van der Waals surface area contributed by atoms with Crippen LogP contribution in [0.1, 0.15) is 35.2 Å². The van der Waals surface area contributed by atoms with Gasteiger partial charge in [-0.3, -0.25) is 9.78 Å². The number of nitrogens with two attached hydrogens (primary N) is 1. The van der Waals surface area contributed by atoms with Crippen molar-refractivity contribution in [3.05, 3.63) is 92.7 Å². The molecule has 0 unspecified atom stereocenters. The Morgan fingerprint density at radius 2 is 1.91 bits per heavy atom. The number of pyridine rings is 1. The monoisotopic (exact) mass is 482 g/mol. The normalized spacial score (nSPS) is 12.7. The fourth-order valence-electron chi connectivity index (χ4n) is 3.98. The molecule has 4 rings (SSSR count). The van der Waals surface area contributed by atoms with E-state index in [0.717, 1.165) is 17.8 Å². The Labute approximate surface area is 197 Å². The van der Waals surface area contributed by atoms with Gasteiger partial charge in [-0.05, 0) is 50.6 Å². The lowest BCUT2D eigenvalue weighted by molar-refractivity contribution is 0.318. The number of benzene rings is 2. The number of hydrogen-bond donors (Lipinski definition) is 3. The van der Waals surface area contributed by atoms with Crippen LogP contribution in [0.3, 0.4) is 0 Å². The second-order valence-electron chi connectivity index (χ2n) is 8.14. The van der Waals surface area contributed by atoms with E-state index in [1.54, 1.807) is 32.9 Å². The molecule has 4 aromatic rings. The highest BCUT2D eigenvalue weighted by Crippen LogP contribution is 2.33. The largest absolute Gasteiger partial charge is 0.455 e. The molecule has 2 aromatic heterocycles. The second kappa shape index (κ2) is 9.13. The number of halogens is 3. The van der Waals surface area contributed by atoms with Crippen molar-refractivity contribution in [1.29, 1.82) is 0 Å². The number of amidine groups is 1. The van der Waals surface area contributed by atoms with Gasteiger partial charge in [0.05, 0.1) is 23.2 Å². The van der Waals surface area contributed by atoms with Crippen molar-refractivity contribution >= 4 is 22.5 Å². The first kappa shape index (κ1) is 23.8. The van der Waals surface area contributed by atoms with E-state index < -0.39 is 34.9 Å². The number of nitrogens with one attached hydrogen (secondary N) is 1. The molecule has 0 saturated carbocycles. The Bertz CT molecular complexity index is 1550. The molecule has 0 amide bonds. The molecule has 2 heterocycles. The van der Waals surface area contributed by atoms with Crippen LogP contribution in [0.5, 0.6) is 0 Å². The molecule has 0 radical (unpaired) electrons. The summed E-state index contributed by atoms with van der Waals surface area (Å²) in [6.45, 7) is 5.10. The number of nitrogens with zero attached hydrogens (tertiary/aromatic N) is 2. The van der Waals surface area contributed by atoms with Crippen LogP contribution < -0.4 is 16.5 Å². The maximum atomic E-state index is 14.5. The summed E-state index contributed by atoms with van der Waals surface area (Å²) in [5, 5.41) is 15.2. The number of rotatable bonds is 5. The topological polar surface area (TPSA) is 114 Å². The van der Waals surface area contributed by atoms with E-state index in [4.69, 9.17) is 15.4 Å². The molecule has 10 heteroatoms. The fourth-order valence-corrected chi connectivity index (χ4v) is 3.98. The molecular formula is C25H21F3N4O3. The molecule has 0 bridgehead atoms. The maximum Gasteiger partial charge on any atom is 0.196 e. The number of oxime groups is 1. The predicted molar refractivity (Wildman–Crippen MR) is 126 cm³/mol. The summed E-state index contributed by atoms with van der Waals surface area (Å²) in [7, 11) is 0. The van der Waals surface area contributed by atoms with Crippen LogP contribution in [-0.2, 0) is 0 Å². The van der Waals surface area contributed by atoms with E-state index >= 15 is 0 Å². The van der Waals surface area contributed by atoms with Crippen LogP contribution in [-0.4, -0.2) is 16.0 Å². The van der Waals surface area contributed by atoms with E-state index in [1.165, 1.54) is 18.3 Å². The molecule has 180 valence electrons. The predicted octanol–water partition coefficient (Wildman–Crippen LogP) is 5.16. The summed E-state index contributed by atoms with van der Waals surface area (Å²) in [4.78, 5) is 17.0. The van der Waals surface area contributed by atoms with E-state index in [2.05, 4.69) is 15.5 Å². The van der Waals surface area contributed by atoms with Crippen molar-refractivity contribution in [1.82, 2.24) is 4.98 Å². The summed E-state index contributed by atoms with van der Waals surface area (Å²) in [5.41, 5.74) is 7.01. The van der Waals surface area contributed by atoms with Crippen LogP contribution in [0, 0.1) is 31.3 Å². The third-order valence-electron chi connectivity index (χ3n) is 5.66. The maximum absolute atomic E-state index is 14.5. The zero-order valence-corrected chi connectivity index (χ0v) is 19.0. The van der Waals surface area contributed by atoms with Gasteiger partial charge in [0.25, 0.3) is 0 Å². The van der Waals surface area contributed by atoms with Crippen LogP contribution in [0.2, 0.25) is 0 Å². The molecule has 1 atom stereocenters. The highest BCUT2D eigenvalue weighted by atomic mass is 19.2. The minimum atomic E-state index is -1.28. The van der Waals surface area contributed by atoms with Gasteiger partial charge in [-0.2, -0.15) is 0 Å². The lowest BCUT2D eigenvalue weighted by atomic mass is 9.98. The number of aromatic nitrogens is 1. The van der Waals surface area contributed by atoms with Gasteiger partial charge in [-0.15, -0.1) is 0 Å². The Kier molecular flexibility index (Phi) is 6.21. The molecule has 0 fully saturated rings. The summed E-state index contributed by atoms with van der Waals surface area (Å²) in [6.07, 6.45) is 2.43. The Morgan fingerprint density at radius 1 is 1.17 bits per heavy atom. The SMILES string of the molecule is Cc1cc([C@@H](C)Nc2ccc(F)c(F)c2/C(N)=N/O)c2oc(-c3cncc(F)c3)c(C)c(=O)c2c1. The third kappa shape index (κ3) is 4.30. The lowest BCUT2D eigenvalue weighted by Crippen LogP contribution is -2.20. The van der Waals surface area contributed by atoms with Gasteiger partial charge in [0.1, 0.15) is 17.2 Å². The van der Waals surface area contributed by atoms with Crippen molar-refractivity contribution in [3.8, 4) is 11.3 Å². The minimum absolute atomic E-state index is 0.0605. The van der Waals surface area contributed by atoms with Crippen LogP contribution >= 0.6 is 0 Å². The highest BCUT2D eigenvalue weighted by Gasteiger charge is 2.22. The van der Waals surface area contributed by atoms with E-state index in [9.17, 15) is 18.0 Å². The van der Waals surface area contributed by atoms with Gasteiger partial charge in [-0.1, -0.05) is 11.2 Å². The summed E-state index contributed by atoms with van der Waals surface area (Å²) >= 11 is 0. The van der Waals surface area contributed by atoms with Crippen molar-refractivity contribution in [2.45, 2.75) is 26.8 Å². The average molecular weight is 482 g/mol. The van der Waals surface area contributed by atoms with Crippen molar-refractivity contribution in [2.24, 2.45) is 10.9 Å². The Balaban J connectivity index is 1.90. The zero-order valence-electron chi connectivity index (χ0n) is 19.0. The lowest BCUT2D eigenvalue weighted by Gasteiger charge is -2.20. The summed E-state index contributed by atoms with van der Waals surface area (Å²) in [6, 6.07) is 6.21. The minimum Gasteiger partial charge on any atom is -0.455 e. The molecular weight excluding hydrogens is 461 g/mol. The van der Waals surface area contributed by atoms with Crippen molar-refractivity contribution in [2.75, 3.05) is 5.32 Å². The van der Waals surface area contributed by atoms with Gasteiger partial charge in [-0.25, -0.2) is 13.2 Å². The van der Waals surface area contributed by atoms with E-state index in [-0.39, 0.29) is 28.0 Å². The molecule has 0 aliphatic rings. The first-order chi connectivity index (χ1) is 16.6. The quantitative estimate of drug-likeness (QED) is 0.157. The second-order valence-corrected chi connectivity index (χ2v) is 8.14. The molecule has 0 aliphatic carbocycles. The van der Waals surface area contributed by atoms with Gasteiger partial charge in [0.2, 0.25) is 0 Å². The number of anilines is 1. The first-order valence-corrected chi connectivity index (χ1v) is 10.5. The van der Waals surface area contributed by atoms with Crippen LogP contribution in [0.25, 0.3) is 22.3 Å². The number of fused-ring (bicyclic) bond motifs is 1. The number of aryl methyl sites for hydroxylation is 1. The first-order valence-electron chi connectivity index (χ1n) is 10.5. The van der Waals surface area contributed by atoms with Crippen LogP contribution in [0.4, 0.5) is 18.9 Å². The molecule has 35 heavy (non-hydrogen) atoms. The van der Waals surface area contributed by atoms with Crippen LogP contribution in [0.15, 0.2) is 57.1 Å². The zero-order chi connectivity index (χ0) is 25.4. The van der Waals surface area contributed by atoms with Gasteiger partial charge >= 0.3 is 0 Å². The summed E-state index contributed by atoms with van der Waals surface area (Å²) < 4.78 is 48.2. The van der Waals surface area contributed by atoms with Gasteiger partial charge in [0.15, 0.2) is 22.9 Å². The van der Waals surface area contributed by atoms with E-state index in [1.807, 2.05) is 0 Å². The molecule has 7 nitrogen and oxygen atoms in total. The average Bonchev–Trinajstić information content (AvgIpc) is 2.83.